The molecule has 8 heteroatoms. The fourth-order valence-corrected chi connectivity index (χ4v) is 5.30. The summed E-state index contributed by atoms with van der Waals surface area (Å²) < 4.78 is 28.6. The third kappa shape index (κ3) is 5.07. The minimum absolute atomic E-state index is 0.0138. The van der Waals surface area contributed by atoms with Crippen molar-refractivity contribution < 1.29 is 38.1 Å². The predicted molar refractivity (Wildman–Crippen MR) is 147 cm³/mol. The largest absolute Gasteiger partial charge is 0.493 e. The molecule has 0 bridgehead atoms. The average Bonchev–Trinajstić information content (AvgIpc) is 3.34. The maximum Gasteiger partial charge on any atom is 0.327 e. The fourth-order valence-electron chi connectivity index (χ4n) is 5.30. The van der Waals surface area contributed by atoms with Crippen LogP contribution < -0.4 is 9.47 Å². The highest BCUT2D eigenvalue weighted by Crippen LogP contribution is 2.60. The molecule has 210 valence electrons. The topological polar surface area (TPSA) is 97.4 Å². The normalized spacial score (nSPS) is 19.5. The van der Waals surface area contributed by atoms with E-state index in [9.17, 15) is 14.4 Å². The molecule has 1 aliphatic heterocycles. The molecule has 0 N–H and O–H groups in total. The molecule has 1 heterocycles. The van der Waals surface area contributed by atoms with E-state index in [0.29, 0.717) is 28.2 Å². The molecule has 3 aromatic carbocycles. The van der Waals surface area contributed by atoms with Crippen molar-refractivity contribution in [2.75, 3.05) is 27.4 Å². The Balaban J connectivity index is 2.04. The molecule has 1 saturated heterocycles. The predicted octanol–water partition coefficient (Wildman–Crippen LogP) is 5.44. The van der Waals surface area contributed by atoms with Crippen LogP contribution in [0.1, 0.15) is 53.1 Å². The second-order valence-electron chi connectivity index (χ2n) is 9.48. The molecule has 1 aliphatic rings. The zero-order valence-corrected chi connectivity index (χ0v) is 23.3. The Bertz CT molecular complexity index is 1330. The van der Waals surface area contributed by atoms with Crippen LogP contribution in [0, 0.1) is 18.3 Å². The van der Waals surface area contributed by atoms with Gasteiger partial charge in [0, 0.05) is 5.56 Å². The number of hydrogen-bond donors (Lipinski definition) is 0. The molecule has 0 saturated carbocycles. The lowest BCUT2D eigenvalue weighted by molar-refractivity contribution is -0.178. The first-order valence-electron chi connectivity index (χ1n) is 13.2. The number of carbonyl (C=O) groups is 3. The maximum atomic E-state index is 14.4. The minimum Gasteiger partial charge on any atom is -0.493 e. The van der Waals surface area contributed by atoms with E-state index in [-0.39, 0.29) is 13.2 Å². The lowest BCUT2D eigenvalue weighted by Crippen LogP contribution is -2.51. The van der Waals surface area contributed by atoms with E-state index in [2.05, 4.69) is 0 Å². The standard InChI is InChI=1S/C32H34O8/c1-6-38-30(34)32(31(35)39-7-2)26(27(33)21-15-13-20(3)14-16-21)28(22-11-9-8-10-12-22)40-29(32)23-17-18-24(36-4)25(19-23)37-5/h8-19,26,28-29H,6-7H2,1-5H3/t26-,28+,29+/m1/s1. The van der Waals surface area contributed by atoms with Gasteiger partial charge in [0.05, 0.1) is 39.5 Å². The van der Waals surface area contributed by atoms with Crippen LogP contribution in [0.3, 0.4) is 0 Å². The van der Waals surface area contributed by atoms with E-state index in [4.69, 9.17) is 23.7 Å². The zero-order valence-electron chi connectivity index (χ0n) is 23.3. The van der Waals surface area contributed by atoms with Gasteiger partial charge < -0.3 is 23.7 Å². The van der Waals surface area contributed by atoms with Gasteiger partial charge in [-0.25, -0.2) is 0 Å². The first-order valence-corrected chi connectivity index (χ1v) is 13.2. The number of Topliss-reactive ketones (excluding diaryl/α,β-unsaturated/α-hetero) is 1. The van der Waals surface area contributed by atoms with Crippen LogP contribution in [0.15, 0.2) is 72.8 Å². The lowest BCUT2D eigenvalue weighted by Gasteiger charge is -2.34. The number of rotatable bonds is 10. The van der Waals surface area contributed by atoms with E-state index in [1.165, 1.54) is 14.2 Å². The van der Waals surface area contributed by atoms with Crippen LogP contribution in [-0.2, 0) is 23.8 Å². The van der Waals surface area contributed by atoms with Crippen LogP contribution in [0.4, 0.5) is 0 Å². The number of benzene rings is 3. The second kappa shape index (κ2) is 12.3. The molecule has 40 heavy (non-hydrogen) atoms. The van der Waals surface area contributed by atoms with Crippen molar-refractivity contribution >= 4 is 17.7 Å². The third-order valence-corrected chi connectivity index (χ3v) is 7.17. The van der Waals surface area contributed by atoms with Gasteiger partial charge in [0.25, 0.3) is 0 Å². The summed E-state index contributed by atoms with van der Waals surface area (Å²) in [6.45, 7) is 5.17. The number of ether oxygens (including phenoxy) is 5. The van der Waals surface area contributed by atoms with E-state index in [1.54, 1.807) is 56.3 Å². The van der Waals surface area contributed by atoms with Crippen LogP contribution >= 0.6 is 0 Å². The highest BCUT2D eigenvalue weighted by Gasteiger charge is 2.70. The lowest BCUT2D eigenvalue weighted by atomic mass is 9.66. The van der Waals surface area contributed by atoms with E-state index >= 15 is 0 Å². The second-order valence-corrected chi connectivity index (χ2v) is 9.48. The smallest absolute Gasteiger partial charge is 0.327 e. The molecule has 3 aromatic rings. The summed E-state index contributed by atoms with van der Waals surface area (Å²) in [6.07, 6.45) is -2.21. The van der Waals surface area contributed by atoms with Gasteiger partial charge in [0.15, 0.2) is 17.3 Å². The van der Waals surface area contributed by atoms with Gasteiger partial charge >= 0.3 is 11.9 Å². The molecule has 0 unspecified atom stereocenters. The van der Waals surface area contributed by atoms with Gasteiger partial charge in [-0.2, -0.15) is 0 Å². The number of hydrogen-bond acceptors (Lipinski definition) is 8. The van der Waals surface area contributed by atoms with Crippen molar-refractivity contribution in [3.05, 3.63) is 95.1 Å². The van der Waals surface area contributed by atoms with Crippen molar-refractivity contribution in [2.24, 2.45) is 11.3 Å². The van der Waals surface area contributed by atoms with Crippen molar-refractivity contribution in [3.8, 4) is 11.5 Å². The van der Waals surface area contributed by atoms with E-state index in [1.807, 2.05) is 37.3 Å². The highest BCUT2D eigenvalue weighted by atomic mass is 16.6. The number of esters is 2. The molecule has 8 nitrogen and oxygen atoms in total. The molecule has 3 atom stereocenters. The Kier molecular flexibility index (Phi) is 8.90. The number of aryl methyl sites for hydroxylation is 1. The van der Waals surface area contributed by atoms with Gasteiger partial charge in [-0.05, 0) is 44.0 Å². The molecule has 0 aromatic heterocycles. The van der Waals surface area contributed by atoms with Gasteiger partial charge in [0.2, 0.25) is 5.41 Å². The summed E-state index contributed by atoms with van der Waals surface area (Å²) in [5, 5.41) is 0. The summed E-state index contributed by atoms with van der Waals surface area (Å²) >= 11 is 0. The average molecular weight is 547 g/mol. The number of methoxy groups -OCH3 is 2. The van der Waals surface area contributed by atoms with Crippen molar-refractivity contribution in [1.29, 1.82) is 0 Å². The monoisotopic (exact) mass is 546 g/mol. The quantitative estimate of drug-likeness (QED) is 0.189. The molecule has 1 fully saturated rings. The van der Waals surface area contributed by atoms with E-state index in [0.717, 1.165) is 5.56 Å². The highest BCUT2D eigenvalue weighted by molar-refractivity contribution is 6.10. The minimum atomic E-state index is -2.16. The van der Waals surface area contributed by atoms with Crippen LogP contribution in [0.25, 0.3) is 0 Å². The summed E-state index contributed by atoms with van der Waals surface area (Å²) in [5.74, 6) is -2.69. The van der Waals surface area contributed by atoms with Crippen LogP contribution in [-0.4, -0.2) is 45.2 Å². The van der Waals surface area contributed by atoms with Crippen LogP contribution in [0.2, 0.25) is 0 Å². The number of ketones is 1. The summed E-state index contributed by atoms with van der Waals surface area (Å²) in [4.78, 5) is 42.7. The van der Waals surface area contributed by atoms with E-state index < -0.39 is 41.3 Å². The zero-order chi connectivity index (χ0) is 28.9. The molecule has 0 amide bonds. The summed E-state index contributed by atoms with van der Waals surface area (Å²) in [6, 6.07) is 21.0. The van der Waals surface area contributed by atoms with Crippen LogP contribution in [0.5, 0.6) is 11.5 Å². The molecule has 0 spiro atoms. The fraction of sp³-hybridized carbons (Fsp3) is 0.344. The Labute approximate surface area is 234 Å². The molecular formula is C32H34O8. The van der Waals surface area contributed by atoms with Crippen molar-refractivity contribution in [2.45, 2.75) is 33.0 Å². The van der Waals surface area contributed by atoms with Crippen molar-refractivity contribution in [1.82, 2.24) is 0 Å². The number of carbonyl (C=O) groups excluding carboxylic acids is 3. The Morgan fingerprint density at radius 2 is 1.38 bits per heavy atom. The van der Waals surface area contributed by atoms with Gasteiger partial charge in [-0.3, -0.25) is 14.4 Å². The maximum absolute atomic E-state index is 14.4. The van der Waals surface area contributed by atoms with Gasteiger partial charge in [0.1, 0.15) is 6.10 Å². The molecule has 4 rings (SSSR count). The SMILES string of the molecule is CCOC(=O)C1(C(=O)OCC)[C@H](C(=O)c2ccc(C)cc2)[C@H](c2ccccc2)O[C@H]1c1ccc(OC)c(OC)c1. The molecule has 0 aliphatic carbocycles. The van der Waals surface area contributed by atoms with Gasteiger partial charge in [-0.1, -0.05) is 66.2 Å². The molecule has 0 radical (unpaired) electrons. The van der Waals surface area contributed by atoms with Gasteiger partial charge in [-0.15, -0.1) is 0 Å². The summed E-state index contributed by atoms with van der Waals surface area (Å²) in [5.41, 5.74) is 0.205. The van der Waals surface area contributed by atoms with Crippen molar-refractivity contribution in [3.63, 3.8) is 0 Å². The first-order chi connectivity index (χ1) is 19.3. The Hall–Kier alpha value is -4.17. The molecular weight excluding hydrogens is 512 g/mol. The summed E-state index contributed by atoms with van der Waals surface area (Å²) in [7, 11) is 2.99. The first kappa shape index (κ1) is 28.8. The Morgan fingerprint density at radius 3 is 1.93 bits per heavy atom. The Morgan fingerprint density at radius 1 is 0.775 bits per heavy atom. The third-order valence-electron chi connectivity index (χ3n) is 7.17.